The van der Waals surface area contributed by atoms with Gasteiger partial charge in [-0.25, -0.2) is 8.98 Å². The van der Waals surface area contributed by atoms with Crippen LogP contribution in [0.4, 0.5) is 0 Å². The molecule has 5 rings (SSSR count). The number of ether oxygens (including phenoxy) is 1. The lowest BCUT2D eigenvalue weighted by atomic mass is 9.95. The Kier molecular flexibility index (Phi) is 22.2. The minimum Gasteiger partial charge on any atom is -0.508 e. The predicted octanol–water partition coefficient (Wildman–Crippen LogP) is -1.10. The Hall–Kier alpha value is -7.98. The fourth-order valence-corrected chi connectivity index (χ4v) is 9.06. The molecule has 0 aliphatic carbocycles. The summed E-state index contributed by atoms with van der Waals surface area (Å²) >= 11 is 0. The molecule has 26 nitrogen and oxygen atoms in total. The third-order valence-corrected chi connectivity index (χ3v) is 13.8. The van der Waals surface area contributed by atoms with E-state index in [-0.39, 0.29) is 50.0 Å². The number of amides is 8. The standard InChI is InChI=1S/C53H68N8O18S/c1-7-36-46(67)57-38-23-24-42(65)61(51(38)72)40(26-32-11-9-8-10-12-32)52(73)60(6)39(25-33-15-20-35(63)21-16-33)48(69)58-43(28(2)3)53(74)79-30(5)44(50(71)55-36)59-47(68)37(22-17-31-13-18-34(62)19-14-31)56-45(66)29(4)54-49(70)41(64)27-78-80(75,76)77/h7-16,18-21,28-30,37-44,62-65H,17,22-27H2,1-6H3,(H,54,70)(H,55,71)(H,56,66)(H,57,67)(H,58,69)(H,59,68)(H,75,76,77)/b36-7-/t29-,30+,37-,38-,39-,40-,41+,42+,43-,44-/m0/s1. The van der Waals surface area contributed by atoms with E-state index in [0.29, 0.717) is 16.7 Å². The van der Waals surface area contributed by atoms with Crippen molar-refractivity contribution >= 4 is 63.6 Å². The first-order chi connectivity index (χ1) is 37.7. The van der Waals surface area contributed by atoms with E-state index in [1.54, 1.807) is 44.2 Å². The van der Waals surface area contributed by atoms with Gasteiger partial charge in [0.05, 0.1) is 0 Å². The molecule has 0 aromatic heterocycles. The number of aryl methyl sites for hydroxylation is 1. The molecule has 3 aromatic carbocycles. The molecule has 10 atom stereocenters. The molecule has 0 spiro atoms. The third-order valence-electron chi connectivity index (χ3n) is 13.4. The van der Waals surface area contributed by atoms with Gasteiger partial charge in [0.2, 0.25) is 29.5 Å². The maximum absolute atomic E-state index is 15.1. The predicted molar refractivity (Wildman–Crippen MR) is 282 cm³/mol. The van der Waals surface area contributed by atoms with Crippen molar-refractivity contribution in [2.24, 2.45) is 5.92 Å². The summed E-state index contributed by atoms with van der Waals surface area (Å²) < 4.78 is 40.7. The maximum Gasteiger partial charge on any atom is 0.397 e. The SMILES string of the molecule is C/C=C1\NC(=O)[C@@H](NC(=O)[C@H](CCc2ccc(O)cc2)NC(=O)[C@H](C)NC(=O)[C@H](O)COS(=O)(=O)O)[C@@H](C)OC(=O)[C@H](C(C)C)NC(=O)[C@H](Cc2ccc(O)cc2)N(C)C(=O)[C@H](Cc2ccccc2)N2C(=O)[C@H](CC[C@H]2O)NC1=O. The van der Waals surface area contributed by atoms with Crippen molar-refractivity contribution in [3.63, 3.8) is 0 Å². The lowest BCUT2D eigenvalue weighted by molar-refractivity contribution is -0.165. The molecule has 2 fully saturated rings. The molecule has 2 aliphatic rings. The molecule has 80 heavy (non-hydrogen) atoms. The van der Waals surface area contributed by atoms with Gasteiger partial charge in [0, 0.05) is 19.9 Å². The number of cyclic esters (lactones) is 1. The number of aliphatic hydroxyl groups is 2. The number of phenols is 2. The van der Waals surface area contributed by atoms with Crippen LogP contribution in [-0.2, 0) is 81.7 Å². The Morgan fingerprint density at radius 1 is 0.787 bits per heavy atom. The number of aromatic hydroxyl groups is 2. The molecule has 2 saturated heterocycles. The number of piperidine rings is 1. The Morgan fingerprint density at radius 2 is 1.38 bits per heavy atom. The smallest absolute Gasteiger partial charge is 0.397 e. The van der Waals surface area contributed by atoms with Gasteiger partial charge in [-0.1, -0.05) is 74.5 Å². The van der Waals surface area contributed by atoms with Crippen LogP contribution in [0, 0.1) is 5.92 Å². The van der Waals surface area contributed by atoms with Crippen LogP contribution in [0.1, 0.15) is 70.6 Å². The second-order valence-electron chi connectivity index (χ2n) is 19.6. The highest BCUT2D eigenvalue weighted by Gasteiger charge is 2.45. The number of carbonyl (C=O) groups excluding carboxylic acids is 9. The van der Waals surface area contributed by atoms with Crippen LogP contribution in [0.5, 0.6) is 11.5 Å². The van der Waals surface area contributed by atoms with E-state index in [1.165, 1.54) is 75.5 Å². The number of rotatable bonds is 17. The number of carbonyl (C=O) groups is 9. The topological polar surface area (TPSA) is 386 Å². The molecule has 3 aromatic rings. The number of likely N-dealkylation sites (N-methyl/N-ethyl adjacent to an activating group) is 1. The number of aliphatic hydroxyl groups excluding tert-OH is 2. The van der Waals surface area contributed by atoms with Gasteiger partial charge in [-0.15, -0.1) is 0 Å². The van der Waals surface area contributed by atoms with Crippen molar-refractivity contribution < 1.29 is 85.5 Å². The highest BCUT2D eigenvalue weighted by molar-refractivity contribution is 7.80. The molecular weight excluding hydrogens is 1070 g/mol. The Morgan fingerprint density at radius 3 is 1.96 bits per heavy atom. The lowest BCUT2D eigenvalue weighted by Gasteiger charge is -2.43. The molecule has 2 bridgehead atoms. The minimum absolute atomic E-state index is 0.0288. The summed E-state index contributed by atoms with van der Waals surface area (Å²) in [6.07, 6.45) is -5.11. The van der Waals surface area contributed by atoms with E-state index >= 15 is 4.79 Å². The minimum atomic E-state index is -5.06. The molecule has 434 valence electrons. The number of nitrogens with zero attached hydrogens (tertiary/aromatic N) is 2. The van der Waals surface area contributed by atoms with Gasteiger partial charge in [-0.05, 0) is 93.3 Å². The van der Waals surface area contributed by atoms with Crippen LogP contribution in [0.2, 0.25) is 0 Å². The van der Waals surface area contributed by atoms with Gasteiger partial charge in [0.15, 0.2) is 6.10 Å². The van der Waals surface area contributed by atoms with Gasteiger partial charge in [0.1, 0.15) is 78.4 Å². The summed E-state index contributed by atoms with van der Waals surface area (Å²) in [6, 6.07) is 9.14. The molecule has 2 heterocycles. The van der Waals surface area contributed by atoms with Crippen LogP contribution >= 0.6 is 0 Å². The van der Waals surface area contributed by atoms with Crippen molar-refractivity contribution in [1.82, 2.24) is 41.7 Å². The Labute approximate surface area is 461 Å². The molecule has 0 radical (unpaired) electrons. The first-order valence-corrected chi connectivity index (χ1v) is 26.9. The quantitative estimate of drug-likeness (QED) is 0.0434. The normalized spacial score (nSPS) is 23.5. The van der Waals surface area contributed by atoms with Crippen LogP contribution in [0.15, 0.2) is 90.6 Å². The number of fused-ring (bicyclic) bond motifs is 2. The van der Waals surface area contributed by atoms with Gasteiger partial charge in [-0.2, -0.15) is 8.42 Å². The summed E-state index contributed by atoms with van der Waals surface area (Å²) in [6.45, 7) is 5.63. The fourth-order valence-electron chi connectivity index (χ4n) is 8.76. The van der Waals surface area contributed by atoms with Gasteiger partial charge < -0.3 is 66.9 Å². The number of phenolic OH excluding ortho intramolecular Hbond substituents is 2. The van der Waals surface area contributed by atoms with E-state index in [2.05, 4.69) is 36.1 Å². The number of esters is 1. The maximum atomic E-state index is 15.1. The van der Waals surface area contributed by atoms with Crippen LogP contribution < -0.4 is 31.9 Å². The van der Waals surface area contributed by atoms with E-state index in [9.17, 15) is 67.2 Å². The monoisotopic (exact) mass is 1140 g/mol. The number of allylic oxidation sites excluding steroid dienone is 1. The highest BCUT2D eigenvalue weighted by Crippen LogP contribution is 2.26. The first kappa shape index (κ1) is 62.9. The number of hydrogen-bond acceptors (Lipinski definition) is 17. The second-order valence-corrected chi connectivity index (χ2v) is 20.7. The molecule has 27 heteroatoms. The number of nitrogens with one attached hydrogen (secondary N) is 6. The molecular formula is C53H68N8O18S. The van der Waals surface area contributed by atoms with Gasteiger partial charge in [0.25, 0.3) is 17.7 Å². The fraction of sp³-hybridized carbons (Fsp3) is 0.453. The molecule has 0 unspecified atom stereocenters. The van der Waals surface area contributed by atoms with Gasteiger partial charge >= 0.3 is 16.4 Å². The zero-order chi connectivity index (χ0) is 59.2. The zero-order valence-electron chi connectivity index (χ0n) is 44.7. The van der Waals surface area contributed by atoms with E-state index in [0.717, 1.165) is 16.7 Å². The Balaban J connectivity index is 1.55. The van der Waals surface area contributed by atoms with Crippen molar-refractivity contribution in [1.29, 1.82) is 0 Å². The molecule has 0 saturated carbocycles. The average molecular weight is 1140 g/mol. The van der Waals surface area contributed by atoms with Crippen LogP contribution in [-0.4, -0.2) is 171 Å². The third kappa shape index (κ3) is 17.5. The number of benzene rings is 3. The number of hydrogen-bond donors (Lipinski definition) is 11. The van der Waals surface area contributed by atoms with Crippen molar-refractivity contribution in [2.75, 3.05) is 13.7 Å². The van der Waals surface area contributed by atoms with Crippen molar-refractivity contribution in [3.05, 3.63) is 107 Å². The summed E-state index contributed by atoms with van der Waals surface area (Å²) in [5.41, 5.74) is 1.11. The zero-order valence-corrected chi connectivity index (χ0v) is 45.5. The molecule has 8 amide bonds. The molecule has 2 aliphatic heterocycles. The van der Waals surface area contributed by atoms with Crippen LogP contribution in [0.25, 0.3) is 0 Å². The summed E-state index contributed by atoms with van der Waals surface area (Å²) in [7, 11) is -3.75. The van der Waals surface area contributed by atoms with E-state index in [4.69, 9.17) is 9.29 Å². The van der Waals surface area contributed by atoms with Gasteiger partial charge in [-0.3, -0.25) is 42.9 Å². The van der Waals surface area contributed by atoms with Crippen molar-refractivity contribution in [2.45, 2.75) is 134 Å². The average Bonchev–Trinajstić information content (AvgIpc) is 3.45. The largest absolute Gasteiger partial charge is 0.508 e. The van der Waals surface area contributed by atoms with Crippen LogP contribution in [0.3, 0.4) is 0 Å². The highest BCUT2D eigenvalue weighted by atomic mass is 32.3. The summed E-state index contributed by atoms with van der Waals surface area (Å²) in [5, 5.41) is 56.3. The summed E-state index contributed by atoms with van der Waals surface area (Å²) in [4.78, 5) is 130. The first-order valence-electron chi connectivity index (χ1n) is 25.5. The van der Waals surface area contributed by atoms with Crippen molar-refractivity contribution in [3.8, 4) is 11.5 Å². The van der Waals surface area contributed by atoms with E-state index in [1.807, 2.05) is 0 Å². The lowest BCUT2D eigenvalue weighted by Crippen LogP contribution is -2.64. The molecule has 11 N–H and O–H groups in total. The summed E-state index contributed by atoms with van der Waals surface area (Å²) in [5.74, 6) is -10.3. The second kappa shape index (κ2) is 28.3. The van der Waals surface area contributed by atoms with E-state index < -0.39 is 143 Å². The Bertz CT molecular complexity index is 2870.